The summed E-state index contributed by atoms with van der Waals surface area (Å²) in [5, 5.41) is 41.0. The first-order valence-electron chi connectivity index (χ1n) is 13.1. The molecule has 3 aromatic rings. The lowest BCUT2D eigenvalue weighted by Gasteiger charge is -2.28. The Balaban J connectivity index is 1.51. The Morgan fingerprint density at radius 3 is 2.62 bits per heavy atom. The highest BCUT2D eigenvalue weighted by Crippen LogP contribution is 2.47. The predicted octanol–water partition coefficient (Wildman–Crippen LogP) is 2.16. The van der Waals surface area contributed by atoms with Crippen LogP contribution >= 0.6 is 0 Å². The van der Waals surface area contributed by atoms with Crippen LogP contribution < -0.4 is 15.0 Å². The van der Waals surface area contributed by atoms with Crippen LogP contribution in [0.1, 0.15) is 37.1 Å². The molecular weight excluding hydrogens is 514 g/mol. The summed E-state index contributed by atoms with van der Waals surface area (Å²) < 4.78 is 7.08. The van der Waals surface area contributed by atoms with Crippen LogP contribution in [0.25, 0.3) is 0 Å². The Kier molecular flexibility index (Phi) is 8.98. The number of aliphatic hydroxyl groups excluding tert-OH is 2. The zero-order chi connectivity index (χ0) is 28.9. The Hall–Kier alpha value is -4.06. The molecule has 0 saturated heterocycles. The van der Waals surface area contributed by atoms with E-state index < -0.39 is 29.4 Å². The number of aliphatic hydroxyl groups is 3. The standard InChI is InChI=1S/C29H35N5O6/c1-19(6-4-5-14-33-18-23(13-15-35)31-32-33)29(39)25-16-24(40-3)11-12-26(25)34(28(29)38)17-21-7-9-22(10-8-21)30-27(37)20(2)36/h4,6-12,16,18-20,35-36,39H,5,13-15,17H2,1-3H3,(H,30,37)/b6-4+/t19-,20-,29+/m0/s1. The molecule has 40 heavy (non-hydrogen) atoms. The Morgan fingerprint density at radius 1 is 1.20 bits per heavy atom. The van der Waals surface area contributed by atoms with Crippen molar-refractivity contribution in [2.24, 2.45) is 5.92 Å². The Labute approximate surface area is 232 Å². The third kappa shape index (κ3) is 6.06. The highest BCUT2D eigenvalue weighted by molar-refractivity contribution is 6.07. The van der Waals surface area contributed by atoms with Gasteiger partial charge >= 0.3 is 0 Å². The first-order valence-corrected chi connectivity index (χ1v) is 13.1. The van der Waals surface area contributed by atoms with Gasteiger partial charge in [-0.05, 0) is 49.2 Å². The van der Waals surface area contributed by atoms with Crippen molar-refractivity contribution < 1.29 is 29.6 Å². The van der Waals surface area contributed by atoms with Crippen LogP contribution in [0.5, 0.6) is 5.75 Å². The average Bonchev–Trinajstić information content (AvgIpc) is 3.48. The van der Waals surface area contributed by atoms with Crippen LogP contribution in [0, 0.1) is 5.92 Å². The van der Waals surface area contributed by atoms with Gasteiger partial charge in [0.05, 0.1) is 25.0 Å². The van der Waals surface area contributed by atoms with Gasteiger partial charge in [-0.2, -0.15) is 0 Å². The van der Waals surface area contributed by atoms with Gasteiger partial charge in [0.25, 0.3) is 11.8 Å². The van der Waals surface area contributed by atoms with Gasteiger partial charge in [-0.1, -0.05) is 36.4 Å². The number of carbonyl (C=O) groups excluding carboxylic acids is 2. The number of carbonyl (C=O) groups is 2. The number of amides is 2. The largest absolute Gasteiger partial charge is 0.497 e. The van der Waals surface area contributed by atoms with Gasteiger partial charge in [0.15, 0.2) is 5.60 Å². The minimum Gasteiger partial charge on any atom is -0.497 e. The first-order chi connectivity index (χ1) is 19.2. The van der Waals surface area contributed by atoms with E-state index in [4.69, 9.17) is 9.84 Å². The van der Waals surface area contributed by atoms with E-state index in [2.05, 4.69) is 15.6 Å². The summed E-state index contributed by atoms with van der Waals surface area (Å²) in [6.45, 7) is 3.98. The van der Waals surface area contributed by atoms with E-state index in [1.807, 2.05) is 12.2 Å². The third-order valence-corrected chi connectivity index (χ3v) is 6.98. The summed E-state index contributed by atoms with van der Waals surface area (Å²) in [6.07, 6.45) is 5.46. The summed E-state index contributed by atoms with van der Waals surface area (Å²) >= 11 is 0. The van der Waals surface area contributed by atoms with Crippen molar-refractivity contribution in [3.8, 4) is 5.75 Å². The van der Waals surface area contributed by atoms with Gasteiger partial charge < -0.3 is 30.3 Å². The summed E-state index contributed by atoms with van der Waals surface area (Å²) in [5.74, 6) is -0.963. The molecule has 0 aliphatic carbocycles. The van der Waals surface area contributed by atoms with Crippen molar-refractivity contribution in [3.63, 3.8) is 0 Å². The maximum absolute atomic E-state index is 13.8. The molecule has 212 valence electrons. The fraction of sp³-hybridized carbons (Fsp3) is 0.379. The van der Waals surface area contributed by atoms with Crippen LogP contribution in [-0.4, -0.2) is 61.9 Å². The lowest BCUT2D eigenvalue weighted by molar-refractivity contribution is -0.139. The molecule has 0 fully saturated rings. The second-order valence-corrected chi connectivity index (χ2v) is 9.85. The van der Waals surface area contributed by atoms with Crippen LogP contribution in [-0.2, 0) is 34.7 Å². The zero-order valence-electron chi connectivity index (χ0n) is 22.8. The first kappa shape index (κ1) is 28.9. The van der Waals surface area contributed by atoms with Gasteiger partial charge in [0.2, 0.25) is 0 Å². The molecule has 2 heterocycles. The van der Waals surface area contributed by atoms with Crippen LogP contribution in [0.3, 0.4) is 0 Å². The van der Waals surface area contributed by atoms with Crippen molar-refractivity contribution in [2.75, 3.05) is 23.9 Å². The van der Waals surface area contributed by atoms with Crippen LogP contribution in [0.15, 0.2) is 60.8 Å². The molecule has 1 aromatic heterocycles. The number of rotatable bonds is 12. The molecule has 0 saturated carbocycles. The molecule has 4 rings (SSSR count). The number of allylic oxidation sites excluding steroid dienone is 1. The second kappa shape index (κ2) is 12.4. The van der Waals surface area contributed by atoms with Crippen LogP contribution in [0.2, 0.25) is 0 Å². The molecule has 4 N–H and O–H groups in total. The maximum atomic E-state index is 13.8. The van der Waals surface area contributed by atoms with E-state index in [0.717, 1.165) is 11.3 Å². The smallest absolute Gasteiger partial charge is 0.264 e. The van der Waals surface area contributed by atoms with E-state index in [9.17, 15) is 19.8 Å². The van der Waals surface area contributed by atoms with E-state index in [1.54, 1.807) is 65.2 Å². The van der Waals surface area contributed by atoms with Gasteiger partial charge in [-0.25, -0.2) is 0 Å². The van der Waals surface area contributed by atoms with E-state index in [-0.39, 0.29) is 13.2 Å². The number of ether oxygens (including phenoxy) is 1. The topological polar surface area (TPSA) is 150 Å². The monoisotopic (exact) mass is 549 g/mol. The van der Waals surface area contributed by atoms with Crippen molar-refractivity contribution in [3.05, 3.63) is 77.6 Å². The molecule has 0 radical (unpaired) electrons. The van der Waals surface area contributed by atoms with Crippen molar-refractivity contribution in [1.29, 1.82) is 0 Å². The number of hydrogen-bond acceptors (Lipinski definition) is 8. The average molecular weight is 550 g/mol. The lowest BCUT2D eigenvalue weighted by Crippen LogP contribution is -2.44. The number of aromatic nitrogens is 3. The quantitative estimate of drug-likeness (QED) is 0.251. The molecule has 1 aliphatic rings. The highest BCUT2D eigenvalue weighted by atomic mass is 16.5. The molecule has 0 unspecified atom stereocenters. The number of anilines is 2. The van der Waals surface area contributed by atoms with E-state index in [0.29, 0.717) is 42.1 Å². The van der Waals surface area contributed by atoms with Gasteiger partial charge in [-0.15, -0.1) is 5.10 Å². The van der Waals surface area contributed by atoms with Gasteiger partial charge in [0, 0.05) is 42.9 Å². The third-order valence-electron chi connectivity index (χ3n) is 6.98. The Morgan fingerprint density at radius 2 is 1.95 bits per heavy atom. The summed E-state index contributed by atoms with van der Waals surface area (Å²) in [5.41, 5.74) is 1.31. The number of methoxy groups -OCH3 is 1. The number of aryl methyl sites for hydroxylation is 1. The summed E-state index contributed by atoms with van der Waals surface area (Å²) in [7, 11) is 1.53. The Bertz CT molecular complexity index is 1370. The highest BCUT2D eigenvalue weighted by Gasteiger charge is 2.52. The minimum atomic E-state index is -1.80. The maximum Gasteiger partial charge on any atom is 0.264 e. The normalized spacial score (nSPS) is 18.1. The lowest BCUT2D eigenvalue weighted by atomic mass is 9.83. The van der Waals surface area contributed by atoms with Crippen molar-refractivity contribution in [1.82, 2.24) is 15.0 Å². The molecule has 0 bridgehead atoms. The minimum absolute atomic E-state index is 0.0134. The van der Waals surface area contributed by atoms with Crippen molar-refractivity contribution in [2.45, 2.75) is 51.5 Å². The van der Waals surface area contributed by atoms with Crippen molar-refractivity contribution >= 4 is 23.2 Å². The number of benzene rings is 2. The molecule has 11 nitrogen and oxygen atoms in total. The fourth-order valence-electron chi connectivity index (χ4n) is 4.66. The molecule has 2 amide bonds. The zero-order valence-corrected chi connectivity index (χ0v) is 22.8. The fourth-order valence-corrected chi connectivity index (χ4v) is 4.66. The van der Waals surface area contributed by atoms with Gasteiger partial charge in [0.1, 0.15) is 11.9 Å². The van der Waals surface area contributed by atoms with E-state index >= 15 is 0 Å². The number of nitrogens with zero attached hydrogens (tertiary/aromatic N) is 4. The molecular formula is C29H35N5O6. The summed E-state index contributed by atoms with van der Waals surface area (Å²) in [6, 6.07) is 12.2. The molecule has 11 heteroatoms. The number of nitrogens with one attached hydrogen (secondary N) is 1. The molecule has 0 spiro atoms. The molecule has 3 atom stereocenters. The van der Waals surface area contributed by atoms with Gasteiger partial charge in [-0.3, -0.25) is 14.3 Å². The number of hydrogen-bond donors (Lipinski definition) is 4. The van der Waals surface area contributed by atoms with E-state index in [1.165, 1.54) is 14.0 Å². The van der Waals surface area contributed by atoms with Crippen LogP contribution in [0.4, 0.5) is 11.4 Å². The number of fused-ring (bicyclic) bond motifs is 1. The SMILES string of the molecule is COc1ccc2c(c1)[C@](O)([C@@H](C)/C=C/CCn1cc(CCO)nn1)C(=O)N2Cc1ccc(NC(=O)[C@H](C)O)cc1. The molecule has 2 aromatic carbocycles. The predicted molar refractivity (Wildman–Crippen MR) is 149 cm³/mol. The second-order valence-electron chi connectivity index (χ2n) is 9.85. The molecule has 1 aliphatic heterocycles. The summed E-state index contributed by atoms with van der Waals surface area (Å²) in [4.78, 5) is 27.1.